The largest absolute Gasteiger partial charge is 0.369 e. The van der Waals surface area contributed by atoms with Crippen LogP contribution in [0.1, 0.15) is 17.0 Å². The molecule has 0 saturated carbocycles. The van der Waals surface area contributed by atoms with E-state index in [1.807, 2.05) is 31.2 Å². The molecule has 18 heavy (non-hydrogen) atoms. The van der Waals surface area contributed by atoms with Crippen molar-refractivity contribution < 1.29 is 0 Å². The van der Waals surface area contributed by atoms with E-state index in [1.165, 1.54) is 0 Å². The maximum atomic E-state index is 8.98. The third-order valence-corrected chi connectivity index (χ3v) is 2.55. The molecule has 1 N–H and O–H groups in total. The van der Waals surface area contributed by atoms with Crippen LogP contribution in [0.4, 0.5) is 5.82 Å². The molecule has 2 rings (SSSR count). The molecule has 0 atom stereocenters. The van der Waals surface area contributed by atoms with Crippen LogP contribution in [-0.4, -0.2) is 16.5 Å². The Balaban J connectivity index is 1.98. The highest BCUT2D eigenvalue weighted by atomic mass is 15.0. The number of hydrogen-bond acceptors (Lipinski definition) is 4. The lowest BCUT2D eigenvalue weighted by molar-refractivity contribution is 0.950. The van der Waals surface area contributed by atoms with E-state index < -0.39 is 0 Å². The fourth-order valence-electron chi connectivity index (χ4n) is 1.64. The predicted molar refractivity (Wildman–Crippen MR) is 70.1 cm³/mol. The van der Waals surface area contributed by atoms with Crippen molar-refractivity contribution in [1.29, 1.82) is 5.26 Å². The molecule has 0 saturated heterocycles. The zero-order valence-corrected chi connectivity index (χ0v) is 10.2. The monoisotopic (exact) mass is 238 g/mol. The molecular formula is C14H14N4. The van der Waals surface area contributed by atoms with E-state index in [-0.39, 0.29) is 0 Å². The first-order chi connectivity index (χ1) is 8.79. The van der Waals surface area contributed by atoms with Crippen LogP contribution >= 0.6 is 0 Å². The van der Waals surface area contributed by atoms with Crippen LogP contribution in [0.5, 0.6) is 0 Å². The Hall–Kier alpha value is -2.41. The molecule has 0 unspecified atom stereocenters. The van der Waals surface area contributed by atoms with E-state index in [2.05, 4.69) is 21.4 Å². The highest BCUT2D eigenvalue weighted by Gasteiger charge is 2.03. The molecule has 0 aliphatic heterocycles. The normalized spacial score (nSPS) is 9.78. The molecule has 2 aromatic heterocycles. The minimum Gasteiger partial charge on any atom is -0.369 e. The Morgan fingerprint density at radius 2 is 2.17 bits per heavy atom. The van der Waals surface area contributed by atoms with E-state index in [9.17, 15) is 0 Å². The Morgan fingerprint density at radius 3 is 2.89 bits per heavy atom. The number of aromatic nitrogens is 2. The maximum Gasteiger partial charge on any atom is 0.144 e. The summed E-state index contributed by atoms with van der Waals surface area (Å²) >= 11 is 0. The summed E-state index contributed by atoms with van der Waals surface area (Å²) in [6.07, 6.45) is 2.59. The summed E-state index contributed by atoms with van der Waals surface area (Å²) in [4.78, 5) is 8.57. The van der Waals surface area contributed by atoms with Crippen molar-refractivity contribution >= 4 is 5.82 Å². The van der Waals surface area contributed by atoms with Gasteiger partial charge in [0, 0.05) is 30.6 Å². The molecule has 0 spiro atoms. The number of nitrogens with one attached hydrogen (secondary N) is 1. The van der Waals surface area contributed by atoms with Gasteiger partial charge >= 0.3 is 0 Å². The van der Waals surface area contributed by atoms with Crippen LogP contribution in [0.3, 0.4) is 0 Å². The van der Waals surface area contributed by atoms with E-state index in [4.69, 9.17) is 5.26 Å². The summed E-state index contributed by atoms with van der Waals surface area (Å²) in [5, 5.41) is 12.2. The van der Waals surface area contributed by atoms with E-state index in [0.717, 1.165) is 17.8 Å². The van der Waals surface area contributed by atoms with Crippen LogP contribution in [0.25, 0.3) is 0 Å². The predicted octanol–water partition coefficient (Wildman–Crippen LogP) is 2.31. The van der Waals surface area contributed by atoms with E-state index >= 15 is 0 Å². The summed E-state index contributed by atoms with van der Waals surface area (Å²) in [6.45, 7) is 2.62. The number of nitriles is 1. The number of rotatable bonds is 4. The van der Waals surface area contributed by atoms with Crippen LogP contribution in [0.2, 0.25) is 0 Å². The number of pyridine rings is 2. The molecule has 0 bridgehead atoms. The molecule has 0 radical (unpaired) electrons. The van der Waals surface area contributed by atoms with Crippen LogP contribution < -0.4 is 5.32 Å². The van der Waals surface area contributed by atoms with Crippen molar-refractivity contribution in [3.63, 3.8) is 0 Å². The highest BCUT2D eigenvalue weighted by Crippen LogP contribution is 2.11. The van der Waals surface area contributed by atoms with Gasteiger partial charge in [-0.1, -0.05) is 6.07 Å². The van der Waals surface area contributed by atoms with Gasteiger partial charge in [-0.2, -0.15) is 5.26 Å². The van der Waals surface area contributed by atoms with Crippen molar-refractivity contribution in [2.75, 3.05) is 11.9 Å². The van der Waals surface area contributed by atoms with Gasteiger partial charge in [0.1, 0.15) is 11.9 Å². The molecular weight excluding hydrogens is 224 g/mol. The first-order valence-corrected chi connectivity index (χ1v) is 5.81. The van der Waals surface area contributed by atoms with Gasteiger partial charge in [-0.05, 0) is 31.2 Å². The van der Waals surface area contributed by atoms with Crippen LogP contribution in [0.15, 0.2) is 36.5 Å². The number of aryl methyl sites for hydroxylation is 1. The Morgan fingerprint density at radius 1 is 1.28 bits per heavy atom. The topological polar surface area (TPSA) is 61.6 Å². The van der Waals surface area contributed by atoms with Crippen molar-refractivity contribution in [2.45, 2.75) is 13.3 Å². The minimum atomic E-state index is 0.571. The van der Waals surface area contributed by atoms with Gasteiger partial charge in [0.25, 0.3) is 0 Å². The fraction of sp³-hybridized carbons (Fsp3) is 0.214. The average Bonchev–Trinajstić information content (AvgIpc) is 2.40. The van der Waals surface area contributed by atoms with Crippen molar-refractivity contribution in [3.8, 4) is 6.07 Å². The molecule has 0 fully saturated rings. The molecule has 0 amide bonds. The number of nitrogens with zero attached hydrogens (tertiary/aromatic N) is 3. The van der Waals surface area contributed by atoms with Crippen molar-refractivity contribution in [2.24, 2.45) is 0 Å². The summed E-state index contributed by atoms with van der Waals surface area (Å²) in [7, 11) is 0. The molecule has 0 aromatic carbocycles. The van der Waals surface area contributed by atoms with Gasteiger partial charge in [0.15, 0.2) is 0 Å². The number of hydrogen-bond donors (Lipinski definition) is 1. The summed E-state index contributed by atoms with van der Waals surface area (Å²) < 4.78 is 0. The summed E-state index contributed by atoms with van der Waals surface area (Å²) in [5.41, 5.74) is 2.49. The second kappa shape index (κ2) is 5.78. The zero-order chi connectivity index (χ0) is 12.8. The van der Waals surface area contributed by atoms with E-state index in [0.29, 0.717) is 17.9 Å². The van der Waals surface area contributed by atoms with Crippen LogP contribution in [0, 0.1) is 18.3 Å². The standard InChI is InChI=1S/C14H14N4/c1-11-5-6-12(10-15)14(18-11)17-9-7-13-4-2-3-8-16-13/h2-6,8H,7,9H2,1H3,(H,17,18). The molecule has 0 aliphatic carbocycles. The number of anilines is 1. The molecule has 4 nitrogen and oxygen atoms in total. The summed E-state index contributed by atoms with van der Waals surface area (Å²) in [5.74, 6) is 0.647. The lowest BCUT2D eigenvalue weighted by atomic mass is 10.2. The maximum absolute atomic E-state index is 8.98. The third kappa shape index (κ3) is 3.05. The second-order valence-electron chi connectivity index (χ2n) is 3.96. The van der Waals surface area contributed by atoms with Gasteiger partial charge in [0.2, 0.25) is 0 Å². The lowest BCUT2D eigenvalue weighted by Gasteiger charge is -2.07. The zero-order valence-electron chi connectivity index (χ0n) is 10.2. The first kappa shape index (κ1) is 12.1. The lowest BCUT2D eigenvalue weighted by Crippen LogP contribution is -2.09. The molecule has 2 heterocycles. The van der Waals surface area contributed by atoms with Gasteiger partial charge in [-0.15, -0.1) is 0 Å². The molecule has 2 aromatic rings. The van der Waals surface area contributed by atoms with Gasteiger partial charge < -0.3 is 5.32 Å². The highest BCUT2D eigenvalue weighted by molar-refractivity contribution is 5.52. The molecule has 0 aliphatic rings. The molecule has 90 valence electrons. The Bertz CT molecular complexity index is 558. The average molecular weight is 238 g/mol. The summed E-state index contributed by atoms with van der Waals surface area (Å²) in [6, 6.07) is 11.6. The van der Waals surface area contributed by atoms with Crippen molar-refractivity contribution in [3.05, 3.63) is 53.5 Å². The van der Waals surface area contributed by atoms with Crippen LogP contribution in [-0.2, 0) is 6.42 Å². The SMILES string of the molecule is Cc1ccc(C#N)c(NCCc2ccccn2)n1. The molecule has 4 heteroatoms. The fourth-order valence-corrected chi connectivity index (χ4v) is 1.64. The van der Waals surface area contributed by atoms with Gasteiger partial charge in [0.05, 0.1) is 5.56 Å². The second-order valence-corrected chi connectivity index (χ2v) is 3.96. The van der Waals surface area contributed by atoms with Gasteiger partial charge in [-0.25, -0.2) is 4.98 Å². The minimum absolute atomic E-state index is 0.571. The first-order valence-electron chi connectivity index (χ1n) is 5.81. The van der Waals surface area contributed by atoms with E-state index in [1.54, 1.807) is 12.3 Å². The van der Waals surface area contributed by atoms with Gasteiger partial charge in [-0.3, -0.25) is 4.98 Å². The Labute approximate surface area is 106 Å². The van der Waals surface area contributed by atoms with Crippen molar-refractivity contribution in [1.82, 2.24) is 9.97 Å². The quantitative estimate of drug-likeness (QED) is 0.887. The smallest absolute Gasteiger partial charge is 0.144 e. The third-order valence-electron chi connectivity index (χ3n) is 2.55. The Kier molecular flexibility index (Phi) is 3.87.